The summed E-state index contributed by atoms with van der Waals surface area (Å²) in [6.07, 6.45) is 3.98. The molecule has 3 atom stereocenters. The van der Waals surface area contributed by atoms with Crippen LogP contribution in [0.2, 0.25) is 0 Å². The second-order valence-corrected chi connectivity index (χ2v) is 5.21. The zero-order chi connectivity index (χ0) is 13.0. The number of hydrogen-bond donors (Lipinski definition) is 2. The van der Waals surface area contributed by atoms with Gasteiger partial charge in [-0.15, -0.1) is 0 Å². The van der Waals surface area contributed by atoms with Crippen LogP contribution in [0.25, 0.3) is 0 Å². The molecule has 17 heavy (non-hydrogen) atoms. The Kier molecular flexibility index (Phi) is 5.16. The van der Waals surface area contributed by atoms with Crippen LogP contribution in [-0.2, 0) is 0 Å². The maximum atomic E-state index is 10.0. The van der Waals surface area contributed by atoms with Crippen LogP contribution in [0, 0.1) is 5.92 Å². The molecule has 2 heteroatoms. The lowest BCUT2D eigenvalue weighted by Gasteiger charge is -2.25. The summed E-state index contributed by atoms with van der Waals surface area (Å²) in [7, 11) is 0. The van der Waals surface area contributed by atoms with E-state index >= 15 is 0 Å². The predicted octanol–water partition coefficient (Wildman–Crippen LogP) is 2.98. The van der Waals surface area contributed by atoms with Crippen molar-refractivity contribution in [1.29, 1.82) is 0 Å². The van der Waals surface area contributed by atoms with Gasteiger partial charge in [-0.05, 0) is 51.0 Å². The molecule has 96 valence electrons. The van der Waals surface area contributed by atoms with E-state index in [1.165, 1.54) is 5.57 Å². The molecule has 0 fully saturated rings. The third-order valence-electron chi connectivity index (χ3n) is 3.64. The summed E-state index contributed by atoms with van der Waals surface area (Å²) in [5.74, 6) is 0.301. The van der Waals surface area contributed by atoms with Gasteiger partial charge in [-0.25, -0.2) is 0 Å². The molecule has 0 spiro atoms. The van der Waals surface area contributed by atoms with E-state index < -0.39 is 12.2 Å². The van der Waals surface area contributed by atoms with E-state index in [1.54, 1.807) is 0 Å². The van der Waals surface area contributed by atoms with E-state index in [9.17, 15) is 10.2 Å². The highest BCUT2D eigenvalue weighted by molar-refractivity contribution is 5.15. The van der Waals surface area contributed by atoms with Gasteiger partial charge in [0.2, 0.25) is 0 Å². The van der Waals surface area contributed by atoms with Gasteiger partial charge in [-0.3, -0.25) is 0 Å². The second-order valence-electron chi connectivity index (χ2n) is 5.21. The van der Waals surface area contributed by atoms with Crippen LogP contribution < -0.4 is 0 Å². The van der Waals surface area contributed by atoms with Gasteiger partial charge in [-0.1, -0.05) is 30.4 Å². The standard InChI is InChI=1S/C15H24O2/c1-10(2)13-7-5-11(3)6-8-14(16)12(4)15(17)9-13/h6,13-17H,1,4-5,7-9H2,2-3H3/b11-6-/t13?,14-,15+/m1/s1. The van der Waals surface area contributed by atoms with Crippen molar-refractivity contribution in [3.63, 3.8) is 0 Å². The van der Waals surface area contributed by atoms with Gasteiger partial charge >= 0.3 is 0 Å². The quantitative estimate of drug-likeness (QED) is 0.687. The maximum Gasteiger partial charge on any atom is 0.0806 e. The molecule has 2 N–H and O–H groups in total. The van der Waals surface area contributed by atoms with Crippen molar-refractivity contribution in [2.24, 2.45) is 5.92 Å². The van der Waals surface area contributed by atoms with Gasteiger partial charge in [0.25, 0.3) is 0 Å². The Morgan fingerprint density at radius 2 is 2.00 bits per heavy atom. The minimum absolute atomic E-state index is 0.301. The SMILES string of the molecule is C=C(C)C1CC/C(C)=C\C[C@@H](O)C(=C)[C@@H](O)C1. The first-order chi connectivity index (χ1) is 7.91. The van der Waals surface area contributed by atoms with Crippen molar-refractivity contribution in [3.8, 4) is 0 Å². The fourth-order valence-electron chi connectivity index (χ4n) is 2.18. The topological polar surface area (TPSA) is 40.5 Å². The van der Waals surface area contributed by atoms with Gasteiger partial charge in [0.1, 0.15) is 0 Å². The van der Waals surface area contributed by atoms with Crippen LogP contribution in [0.5, 0.6) is 0 Å². The molecule has 0 radical (unpaired) electrons. The third-order valence-corrected chi connectivity index (χ3v) is 3.64. The Morgan fingerprint density at radius 1 is 1.35 bits per heavy atom. The molecule has 1 rings (SSSR count). The van der Waals surface area contributed by atoms with E-state index in [0.717, 1.165) is 18.4 Å². The van der Waals surface area contributed by atoms with Crippen molar-refractivity contribution in [3.05, 3.63) is 36.0 Å². The zero-order valence-electron chi connectivity index (χ0n) is 10.9. The summed E-state index contributed by atoms with van der Waals surface area (Å²) in [5.41, 5.74) is 2.92. The van der Waals surface area contributed by atoms with E-state index in [0.29, 0.717) is 24.3 Å². The van der Waals surface area contributed by atoms with Crippen molar-refractivity contribution in [2.45, 2.75) is 51.7 Å². The van der Waals surface area contributed by atoms with Gasteiger partial charge < -0.3 is 10.2 Å². The van der Waals surface area contributed by atoms with Crippen LogP contribution in [0.15, 0.2) is 36.0 Å². The lowest BCUT2D eigenvalue weighted by Crippen LogP contribution is -2.24. The molecule has 0 amide bonds. The van der Waals surface area contributed by atoms with Crippen molar-refractivity contribution < 1.29 is 10.2 Å². The molecule has 1 aliphatic carbocycles. The van der Waals surface area contributed by atoms with E-state index in [1.807, 2.05) is 13.0 Å². The molecule has 0 bridgehead atoms. The number of aliphatic hydroxyl groups excluding tert-OH is 2. The Morgan fingerprint density at radius 3 is 2.59 bits per heavy atom. The number of hydrogen-bond acceptors (Lipinski definition) is 2. The Bertz CT molecular complexity index is 328. The summed E-state index contributed by atoms with van der Waals surface area (Å²) in [5, 5.41) is 19.9. The fraction of sp³-hybridized carbons (Fsp3) is 0.600. The molecular weight excluding hydrogens is 212 g/mol. The predicted molar refractivity (Wildman–Crippen MR) is 71.7 cm³/mol. The third kappa shape index (κ3) is 4.14. The average molecular weight is 236 g/mol. The highest BCUT2D eigenvalue weighted by atomic mass is 16.3. The largest absolute Gasteiger partial charge is 0.389 e. The molecule has 0 aromatic rings. The summed E-state index contributed by atoms with van der Waals surface area (Å²) in [6.45, 7) is 11.9. The Labute approximate surface area is 104 Å². The number of rotatable bonds is 1. The van der Waals surface area contributed by atoms with Crippen molar-refractivity contribution in [2.75, 3.05) is 0 Å². The Balaban J connectivity index is 2.86. The first-order valence-electron chi connectivity index (χ1n) is 6.27. The molecule has 1 aliphatic rings. The minimum Gasteiger partial charge on any atom is -0.389 e. The molecule has 2 nitrogen and oxygen atoms in total. The highest BCUT2D eigenvalue weighted by Crippen LogP contribution is 2.28. The van der Waals surface area contributed by atoms with Crippen molar-refractivity contribution in [1.82, 2.24) is 0 Å². The average Bonchev–Trinajstić information content (AvgIpc) is 2.28. The minimum atomic E-state index is -0.635. The zero-order valence-corrected chi connectivity index (χ0v) is 10.9. The highest BCUT2D eigenvalue weighted by Gasteiger charge is 2.22. The molecule has 1 unspecified atom stereocenters. The fourth-order valence-corrected chi connectivity index (χ4v) is 2.18. The van der Waals surface area contributed by atoms with Crippen LogP contribution in [0.4, 0.5) is 0 Å². The molecule has 0 saturated heterocycles. The van der Waals surface area contributed by atoms with Gasteiger partial charge in [-0.2, -0.15) is 0 Å². The molecule has 0 heterocycles. The summed E-state index contributed by atoms with van der Waals surface area (Å²) in [6, 6.07) is 0. The number of allylic oxidation sites excluding steroid dienone is 2. The first-order valence-corrected chi connectivity index (χ1v) is 6.27. The molecule has 0 saturated carbocycles. The van der Waals surface area contributed by atoms with Gasteiger partial charge in [0, 0.05) is 0 Å². The lowest BCUT2D eigenvalue weighted by atomic mass is 9.85. The molecule has 0 aromatic heterocycles. The Hall–Kier alpha value is -0.860. The monoisotopic (exact) mass is 236 g/mol. The lowest BCUT2D eigenvalue weighted by molar-refractivity contribution is 0.128. The second kappa shape index (κ2) is 6.18. The number of aliphatic hydroxyl groups is 2. The van der Waals surface area contributed by atoms with Crippen molar-refractivity contribution >= 4 is 0 Å². The van der Waals surface area contributed by atoms with E-state index in [2.05, 4.69) is 20.1 Å². The normalized spacial score (nSPS) is 34.9. The van der Waals surface area contributed by atoms with Gasteiger partial charge in [0.05, 0.1) is 12.2 Å². The molecule has 0 aromatic carbocycles. The van der Waals surface area contributed by atoms with Crippen LogP contribution >= 0.6 is 0 Å². The van der Waals surface area contributed by atoms with Crippen LogP contribution in [-0.4, -0.2) is 22.4 Å². The maximum absolute atomic E-state index is 10.0. The summed E-state index contributed by atoms with van der Waals surface area (Å²) < 4.78 is 0. The van der Waals surface area contributed by atoms with E-state index in [4.69, 9.17) is 0 Å². The first kappa shape index (κ1) is 14.2. The summed E-state index contributed by atoms with van der Waals surface area (Å²) in [4.78, 5) is 0. The summed E-state index contributed by atoms with van der Waals surface area (Å²) >= 11 is 0. The smallest absolute Gasteiger partial charge is 0.0806 e. The molecular formula is C15H24O2. The van der Waals surface area contributed by atoms with Gasteiger partial charge in [0.15, 0.2) is 0 Å². The molecule has 0 aliphatic heterocycles. The van der Waals surface area contributed by atoms with Crippen LogP contribution in [0.3, 0.4) is 0 Å². The van der Waals surface area contributed by atoms with E-state index in [-0.39, 0.29) is 0 Å². The van der Waals surface area contributed by atoms with Crippen LogP contribution in [0.1, 0.15) is 39.5 Å².